The Labute approximate surface area is 116 Å². The van der Waals surface area contributed by atoms with E-state index in [-0.39, 0.29) is 0 Å². The van der Waals surface area contributed by atoms with Crippen LogP contribution in [0.1, 0.15) is 38.5 Å². The minimum atomic E-state index is 0.635. The van der Waals surface area contributed by atoms with Crippen LogP contribution >= 0.6 is 0 Å². The number of pyridine rings is 1. The first-order valence-corrected chi connectivity index (χ1v) is 7.81. The number of hydrogen-bond acceptors (Lipinski definition) is 2. The van der Waals surface area contributed by atoms with Gasteiger partial charge in [-0.2, -0.15) is 0 Å². The van der Waals surface area contributed by atoms with E-state index in [1.807, 2.05) is 24.4 Å². The van der Waals surface area contributed by atoms with Crippen molar-refractivity contribution in [3.05, 3.63) is 24.4 Å². The number of nitrogens with one attached hydrogen (secondary N) is 1. The third kappa shape index (κ3) is 2.28. The molecule has 2 nitrogen and oxygen atoms in total. The molecule has 4 aliphatic rings. The topological polar surface area (TPSA) is 24.9 Å². The molecular weight excluding hydrogens is 231 g/mol. The van der Waals surface area contributed by atoms with Crippen molar-refractivity contribution < 1.29 is 0 Å². The van der Waals surface area contributed by atoms with Gasteiger partial charge in [-0.05, 0) is 73.8 Å². The molecule has 0 saturated heterocycles. The molecule has 0 atom stereocenters. The van der Waals surface area contributed by atoms with Gasteiger partial charge < -0.3 is 5.23 Å². The molecule has 19 heavy (non-hydrogen) atoms. The summed E-state index contributed by atoms with van der Waals surface area (Å²) < 4.78 is 0. The first-order chi connectivity index (χ1) is 9.31. The van der Waals surface area contributed by atoms with Gasteiger partial charge in [0.2, 0.25) is 7.41 Å². The molecule has 1 N–H and O–H groups in total. The highest BCUT2D eigenvalue weighted by molar-refractivity contribution is 6.40. The van der Waals surface area contributed by atoms with Crippen molar-refractivity contribution in [2.24, 2.45) is 23.2 Å². The second-order valence-corrected chi connectivity index (χ2v) is 7.19. The van der Waals surface area contributed by atoms with Crippen LogP contribution in [0.2, 0.25) is 6.32 Å². The Morgan fingerprint density at radius 1 is 1.11 bits per heavy atom. The fourth-order valence-corrected chi connectivity index (χ4v) is 5.36. The molecule has 3 heteroatoms. The molecule has 1 aromatic rings. The molecule has 5 rings (SSSR count). The van der Waals surface area contributed by atoms with Gasteiger partial charge >= 0.3 is 0 Å². The lowest BCUT2D eigenvalue weighted by Crippen LogP contribution is -2.46. The summed E-state index contributed by atoms with van der Waals surface area (Å²) in [4.78, 5) is 4.32. The minimum Gasteiger partial charge on any atom is -0.417 e. The molecule has 0 aliphatic heterocycles. The largest absolute Gasteiger partial charge is 0.417 e. The molecule has 1 radical (unpaired) electrons. The molecule has 1 aromatic heterocycles. The van der Waals surface area contributed by atoms with Gasteiger partial charge in [0.05, 0.1) is 0 Å². The highest BCUT2D eigenvalue weighted by Crippen LogP contribution is 2.61. The van der Waals surface area contributed by atoms with Gasteiger partial charge in [0.25, 0.3) is 0 Å². The maximum Gasteiger partial charge on any atom is 0.245 e. The number of anilines is 1. The van der Waals surface area contributed by atoms with Gasteiger partial charge in [0.1, 0.15) is 5.82 Å². The Morgan fingerprint density at radius 3 is 2.37 bits per heavy atom. The summed E-state index contributed by atoms with van der Waals surface area (Å²) in [5, 5.41) is 3.38. The summed E-state index contributed by atoms with van der Waals surface area (Å²) >= 11 is 0. The molecule has 4 saturated carbocycles. The number of hydrogen-bond donors (Lipinski definition) is 1. The van der Waals surface area contributed by atoms with Gasteiger partial charge in [0.15, 0.2) is 0 Å². The van der Waals surface area contributed by atoms with Crippen molar-refractivity contribution >= 4 is 13.2 Å². The molecular formula is C16H22BN2. The van der Waals surface area contributed by atoms with Crippen LogP contribution in [0.15, 0.2) is 24.4 Å². The summed E-state index contributed by atoms with van der Waals surface area (Å²) in [6.07, 6.45) is 12.1. The summed E-state index contributed by atoms with van der Waals surface area (Å²) in [5.41, 5.74) is 0.635. The lowest BCUT2D eigenvalue weighted by atomic mass is 9.46. The van der Waals surface area contributed by atoms with Crippen LogP contribution in [0.5, 0.6) is 0 Å². The Kier molecular flexibility index (Phi) is 2.82. The Morgan fingerprint density at radius 2 is 1.79 bits per heavy atom. The molecule has 4 aliphatic carbocycles. The first-order valence-electron chi connectivity index (χ1n) is 7.81. The molecule has 0 amide bonds. The second kappa shape index (κ2) is 4.54. The van der Waals surface area contributed by atoms with Crippen LogP contribution in [0.3, 0.4) is 0 Å². The van der Waals surface area contributed by atoms with Crippen LogP contribution in [0, 0.1) is 23.2 Å². The van der Waals surface area contributed by atoms with E-state index in [4.69, 9.17) is 0 Å². The Balaban J connectivity index is 1.38. The third-order valence-corrected chi connectivity index (χ3v) is 5.61. The predicted octanol–water partition coefficient (Wildman–Crippen LogP) is 3.75. The van der Waals surface area contributed by atoms with E-state index in [2.05, 4.69) is 17.6 Å². The minimum absolute atomic E-state index is 0.635. The van der Waals surface area contributed by atoms with Crippen molar-refractivity contribution in [1.82, 2.24) is 4.98 Å². The molecule has 4 bridgehead atoms. The molecule has 0 aromatic carbocycles. The van der Waals surface area contributed by atoms with Crippen molar-refractivity contribution in [1.29, 1.82) is 0 Å². The van der Waals surface area contributed by atoms with Gasteiger partial charge in [-0.25, -0.2) is 4.98 Å². The van der Waals surface area contributed by atoms with E-state index in [0.717, 1.165) is 23.6 Å². The number of aromatic nitrogens is 1. The quantitative estimate of drug-likeness (QED) is 0.826. The van der Waals surface area contributed by atoms with Gasteiger partial charge in [-0.1, -0.05) is 12.4 Å². The zero-order chi connectivity index (χ0) is 12.7. The van der Waals surface area contributed by atoms with Gasteiger partial charge in [-0.3, -0.25) is 0 Å². The second-order valence-electron chi connectivity index (χ2n) is 7.19. The molecule has 1 heterocycles. The van der Waals surface area contributed by atoms with E-state index < -0.39 is 0 Å². The van der Waals surface area contributed by atoms with Gasteiger partial charge in [0, 0.05) is 6.20 Å². The maximum absolute atomic E-state index is 4.32. The van der Waals surface area contributed by atoms with E-state index in [1.54, 1.807) is 0 Å². The fourth-order valence-electron chi connectivity index (χ4n) is 5.36. The SMILES string of the molecule is [B](CC12CC3CC(CC(C3)C1)C2)Nc1ccccn1. The molecule has 4 fully saturated rings. The monoisotopic (exact) mass is 253 g/mol. The molecule has 0 unspecified atom stereocenters. The Bertz CT molecular complexity index is 410. The average molecular weight is 253 g/mol. The van der Waals surface area contributed by atoms with Crippen LogP contribution in [-0.2, 0) is 0 Å². The summed E-state index contributed by atoms with van der Waals surface area (Å²) in [6, 6.07) is 6.04. The van der Waals surface area contributed by atoms with Crippen LogP contribution in [-0.4, -0.2) is 12.4 Å². The third-order valence-electron chi connectivity index (χ3n) is 5.61. The highest BCUT2D eigenvalue weighted by atomic mass is 14.9. The first kappa shape index (κ1) is 11.8. The van der Waals surface area contributed by atoms with Crippen molar-refractivity contribution in [3.63, 3.8) is 0 Å². The van der Waals surface area contributed by atoms with E-state index in [1.165, 1.54) is 44.8 Å². The summed E-state index contributed by atoms with van der Waals surface area (Å²) in [7, 11) is 2.27. The molecule has 99 valence electrons. The fraction of sp³-hybridized carbons (Fsp3) is 0.688. The normalized spacial score (nSPS) is 39.3. The van der Waals surface area contributed by atoms with Crippen LogP contribution in [0.25, 0.3) is 0 Å². The zero-order valence-electron chi connectivity index (χ0n) is 11.5. The maximum atomic E-state index is 4.32. The van der Waals surface area contributed by atoms with Crippen LogP contribution < -0.4 is 5.23 Å². The smallest absolute Gasteiger partial charge is 0.245 e. The average Bonchev–Trinajstić information content (AvgIpc) is 2.38. The lowest BCUT2D eigenvalue weighted by molar-refractivity contribution is -0.0409. The summed E-state index contributed by atoms with van der Waals surface area (Å²) in [6.45, 7) is 0. The highest BCUT2D eigenvalue weighted by Gasteiger charge is 2.50. The van der Waals surface area contributed by atoms with Crippen LogP contribution in [0.4, 0.5) is 5.82 Å². The summed E-state index contributed by atoms with van der Waals surface area (Å²) in [5.74, 6) is 4.13. The van der Waals surface area contributed by atoms with Crippen molar-refractivity contribution in [2.75, 3.05) is 5.23 Å². The van der Waals surface area contributed by atoms with Gasteiger partial charge in [-0.15, -0.1) is 0 Å². The number of nitrogens with zero attached hydrogens (tertiary/aromatic N) is 1. The van der Waals surface area contributed by atoms with E-state index in [9.17, 15) is 0 Å². The number of rotatable bonds is 4. The predicted molar refractivity (Wildman–Crippen MR) is 79.0 cm³/mol. The van der Waals surface area contributed by atoms with Crippen molar-refractivity contribution in [2.45, 2.75) is 44.8 Å². The van der Waals surface area contributed by atoms with E-state index in [0.29, 0.717) is 5.41 Å². The van der Waals surface area contributed by atoms with E-state index >= 15 is 0 Å². The van der Waals surface area contributed by atoms with Crippen molar-refractivity contribution in [3.8, 4) is 0 Å². The zero-order valence-corrected chi connectivity index (χ0v) is 11.5. The molecule has 0 spiro atoms. The Hall–Kier alpha value is -0.985. The standard InChI is InChI=1S/C16H22BN2/c1-2-4-18-15(3-1)19-17-11-16-8-12-5-13(9-16)7-14(6-12)10-16/h1-4,12-14H,5-11H2,(H,18,19). The lowest BCUT2D eigenvalue weighted by Gasteiger charge is -2.57.